The fourth-order valence-electron chi connectivity index (χ4n) is 3.00. The number of hydrogen-bond donors (Lipinski definition) is 1. The van der Waals surface area contributed by atoms with Crippen LogP contribution in [0.5, 0.6) is 0 Å². The quantitative estimate of drug-likeness (QED) is 0.943. The molecule has 2 heterocycles. The lowest BCUT2D eigenvalue weighted by molar-refractivity contribution is -0.146. The van der Waals surface area contributed by atoms with Gasteiger partial charge in [-0.3, -0.25) is 9.69 Å². The average molecular weight is 302 g/mol. The van der Waals surface area contributed by atoms with E-state index in [4.69, 9.17) is 0 Å². The van der Waals surface area contributed by atoms with Crippen molar-refractivity contribution in [2.24, 2.45) is 0 Å². The van der Waals surface area contributed by atoms with Crippen LogP contribution in [0, 0.1) is 0 Å². The Kier molecular flexibility index (Phi) is 4.03. The van der Waals surface area contributed by atoms with Crippen LogP contribution in [0.3, 0.4) is 0 Å². The Morgan fingerprint density at radius 3 is 2.57 bits per heavy atom. The second kappa shape index (κ2) is 5.95. The summed E-state index contributed by atoms with van der Waals surface area (Å²) in [4.78, 5) is 18.5. The van der Waals surface area contributed by atoms with Gasteiger partial charge in [0.25, 0.3) is 0 Å². The van der Waals surface area contributed by atoms with Crippen molar-refractivity contribution in [3.63, 3.8) is 0 Å². The second-order valence-electron chi connectivity index (χ2n) is 5.46. The van der Waals surface area contributed by atoms with Crippen molar-refractivity contribution >= 4 is 17.3 Å². The van der Waals surface area contributed by atoms with E-state index in [0.717, 1.165) is 30.2 Å². The van der Waals surface area contributed by atoms with Gasteiger partial charge in [-0.15, -0.1) is 11.3 Å². The van der Waals surface area contributed by atoms with Crippen molar-refractivity contribution in [3.8, 4) is 0 Å². The highest BCUT2D eigenvalue weighted by molar-refractivity contribution is 7.09. The van der Waals surface area contributed by atoms with Gasteiger partial charge in [-0.2, -0.15) is 0 Å². The van der Waals surface area contributed by atoms with Crippen molar-refractivity contribution in [1.29, 1.82) is 0 Å². The third-order valence-corrected chi connectivity index (χ3v) is 5.05. The molecule has 1 saturated heterocycles. The molecule has 0 unspecified atom stereocenters. The molecule has 1 fully saturated rings. The minimum absolute atomic E-state index is 0.651. The lowest BCUT2D eigenvalue weighted by Gasteiger charge is -2.39. The van der Waals surface area contributed by atoms with Crippen LogP contribution in [0.25, 0.3) is 0 Å². The summed E-state index contributed by atoms with van der Waals surface area (Å²) >= 11 is 1.65. The lowest BCUT2D eigenvalue weighted by atomic mass is 9.73. The standard InChI is InChI=1S/C16H18N2O2S/c19-15(20)16(13-4-2-1-3-5-13)6-9-18(10-7-16)12-14-17-8-11-21-14/h1-5,8,11H,6-7,9-10,12H2,(H,19,20). The highest BCUT2D eigenvalue weighted by Gasteiger charge is 2.42. The maximum Gasteiger partial charge on any atom is 0.314 e. The first-order valence-corrected chi connectivity index (χ1v) is 7.98. The third kappa shape index (κ3) is 2.84. The number of benzene rings is 1. The van der Waals surface area contributed by atoms with Gasteiger partial charge in [-0.05, 0) is 18.4 Å². The molecule has 0 atom stereocenters. The predicted molar refractivity (Wildman–Crippen MR) is 82.4 cm³/mol. The molecule has 1 aromatic carbocycles. The minimum Gasteiger partial charge on any atom is -0.481 e. The van der Waals surface area contributed by atoms with Crippen molar-refractivity contribution in [1.82, 2.24) is 9.88 Å². The first-order chi connectivity index (χ1) is 10.2. The summed E-state index contributed by atoms with van der Waals surface area (Å²) in [6.45, 7) is 2.41. The van der Waals surface area contributed by atoms with Gasteiger partial charge in [-0.25, -0.2) is 4.98 Å². The number of aliphatic carboxylic acids is 1. The van der Waals surface area contributed by atoms with Gasteiger partial charge in [0.15, 0.2) is 0 Å². The van der Waals surface area contributed by atoms with Gasteiger partial charge in [0.2, 0.25) is 0 Å². The smallest absolute Gasteiger partial charge is 0.314 e. The zero-order valence-corrected chi connectivity index (χ0v) is 12.6. The van der Waals surface area contributed by atoms with Crippen LogP contribution in [0.2, 0.25) is 0 Å². The molecular formula is C16H18N2O2S. The van der Waals surface area contributed by atoms with Crippen molar-refractivity contribution in [2.75, 3.05) is 13.1 Å². The molecule has 1 aliphatic heterocycles. The molecule has 2 aromatic rings. The Labute approximate surface area is 128 Å². The van der Waals surface area contributed by atoms with Gasteiger partial charge in [-0.1, -0.05) is 30.3 Å². The Morgan fingerprint density at radius 2 is 2.00 bits per heavy atom. The number of nitrogens with zero attached hydrogens (tertiary/aromatic N) is 2. The predicted octanol–water partition coefficient (Wildman–Crippen LogP) is 2.76. The van der Waals surface area contributed by atoms with E-state index in [1.165, 1.54) is 0 Å². The number of likely N-dealkylation sites (tertiary alicyclic amines) is 1. The Bertz CT molecular complexity index is 590. The maximum atomic E-state index is 11.9. The summed E-state index contributed by atoms with van der Waals surface area (Å²) < 4.78 is 0. The van der Waals surface area contributed by atoms with Crippen molar-refractivity contribution < 1.29 is 9.90 Å². The zero-order chi connectivity index (χ0) is 14.7. The maximum absolute atomic E-state index is 11.9. The molecule has 0 radical (unpaired) electrons. The van der Waals surface area contributed by atoms with E-state index in [1.54, 1.807) is 11.3 Å². The fourth-order valence-corrected chi connectivity index (χ4v) is 3.66. The van der Waals surface area contributed by atoms with E-state index >= 15 is 0 Å². The first-order valence-electron chi connectivity index (χ1n) is 7.10. The van der Waals surface area contributed by atoms with E-state index in [1.807, 2.05) is 41.9 Å². The highest BCUT2D eigenvalue weighted by atomic mass is 32.1. The number of hydrogen-bond acceptors (Lipinski definition) is 4. The summed E-state index contributed by atoms with van der Waals surface area (Å²) in [6, 6.07) is 9.63. The van der Waals surface area contributed by atoms with E-state index < -0.39 is 11.4 Å². The number of piperidine rings is 1. The Balaban J connectivity index is 1.73. The largest absolute Gasteiger partial charge is 0.481 e. The number of carbonyl (C=O) groups is 1. The van der Waals surface area contributed by atoms with Gasteiger partial charge >= 0.3 is 5.97 Å². The molecule has 1 aromatic heterocycles. The monoisotopic (exact) mass is 302 g/mol. The van der Waals surface area contributed by atoms with Gasteiger partial charge in [0.1, 0.15) is 5.01 Å². The molecule has 0 aliphatic carbocycles. The molecular weight excluding hydrogens is 284 g/mol. The number of carboxylic acid groups (broad SMARTS) is 1. The van der Waals surface area contributed by atoms with Crippen LogP contribution < -0.4 is 0 Å². The van der Waals surface area contributed by atoms with Crippen LogP contribution in [-0.2, 0) is 16.8 Å². The Morgan fingerprint density at radius 1 is 1.29 bits per heavy atom. The molecule has 0 bridgehead atoms. The van der Waals surface area contributed by atoms with E-state index in [9.17, 15) is 9.90 Å². The molecule has 0 spiro atoms. The molecule has 0 saturated carbocycles. The minimum atomic E-state index is -0.735. The Hall–Kier alpha value is -1.72. The van der Waals surface area contributed by atoms with Crippen LogP contribution >= 0.6 is 11.3 Å². The normalized spacial score (nSPS) is 18.5. The molecule has 1 N–H and O–H groups in total. The number of thiazole rings is 1. The van der Waals surface area contributed by atoms with Crippen molar-refractivity contribution in [3.05, 3.63) is 52.5 Å². The van der Waals surface area contributed by atoms with E-state index in [0.29, 0.717) is 12.8 Å². The van der Waals surface area contributed by atoms with Crippen LogP contribution in [0.15, 0.2) is 41.9 Å². The molecule has 1 aliphatic rings. The number of carboxylic acids is 1. The first kappa shape index (κ1) is 14.2. The molecule has 5 heteroatoms. The zero-order valence-electron chi connectivity index (χ0n) is 11.7. The number of aromatic nitrogens is 1. The van der Waals surface area contributed by atoms with Crippen LogP contribution in [0.1, 0.15) is 23.4 Å². The summed E-state index contributed by atoms with van der Waals surface area (Å²) in [5.41, 5.74) is 0.187. The van der Waals surface area contributed by atoms with Crippen LogP contribution in [0.4, 0.5) is 0 Å². The molecule has 110 valence electrons. The van der Waals surface area contributed by atoms with E-state index in [-0.39, 0.29) is 0 Å². The molecule has 0 amide bonds. The summed E-state index contributed by atoms with van der Waals surface area (Å²) in [7, 11) is 0. The van der Waals surface area contributed by atoms with Gasteiger partial charge in [0.05, 0.1) is 12.0 Å². The number of rotatable bonds is 4. The molecule has 3 rings (SSSR count). The van der Waals surface area contributed by atoms with Crippen LogP contribution in [-0.4, -0.2) is 34.0 Å². The SMILES string of the molecule is O=C(O)C1(c2ccccc2)CCN(Cc2nccs2)CC1. The molecule has 21 heavy (non-hydrogen) atoms. The second-order valence-corrected chi connectivity index (χ2v) is 6.43. The fraction of sp³-hybridized carbons (Fsp3) is 0.375. The third-order valence-electron chi connectivity index (χ3n) is 4.29. The highest BCUT2D eigenvalue weighted by Crippen LogP contribution is 2.36. The summed E-state index contributed by atoms with van der Waals surface area (Å²) in [5.74, 6) is -0.706. The lowest BCUT2D eigenvalue weighted by Crippen LogP contribution is -2.47. The molecule has 4 nitrogen and oxygen atoms in total. The summed E-state index contributed by atoms with van der Waals surface area (Å²) in [5, 5.41) is 12.8. The topological polar surface area (TPSA) is 53.4 Å². The van der Waals surface area contributed by atoms with Gasteiger partial charge < -0.3 is 5.11 Å². The average Bonchev–Trinajstić information content (AvgIpc) is 3.02. The van der Waals surface area contributed by atoms with Crippen molar-refractivity contribution in [2.45, 2.75) is 24.8 Å². The van der Waals surface area contributed by atoms with E-state index in [2.05, 4.69) is 9.88 Å². The van der Waals surface area contributed by atoms with Gasteiger partial charge in [0, 0.05) is 24.7 Å². The summed E-state index contributed by atoms with van der Waals surface area (Å²) in [6.07, 6.45) is 3.12.